The van der Waals surface area contributed by atoms with Gasteiger partial charge in [0.25, 0.3) is 0 Å². The zero-order valence-corrected chi connectivity index (χ0v) is 13.0. The second-order valence-electron chi connectivity index (χ2n) is 6.24. The first kappa shape index (κ1) is 15.7. The predicted octanol–water partition coefficient (Wildman–Crippen LogP) is 3.67. The van der Waals surface area contributed by atoms with Crippen molar-refractivity contribution in [1.82, 2.24) is 5.32 Å². The van der Waals surface area contributed by atoms with Gasteiger partial charge in [0.15, 0.2) is 0 Å². The maximum atomic E-state index is 13.1. The molecule has 0 saturated carbocycles. The van der Waals surface area contributed by atoms with Gasteiger partial charge in [0, 0.05) is 23.6 Å². The van der Waals surface area contributed by atoms with Crippen LogP contribution in [0.25, 0.3) is 0 Å². The maximum Gasteiger partial charge on any atom is 0.124 e. The van der Waals surface area contributed by atoms with Crippen molar-refractivity contribution in [2.24, 2.45) is 11.3 Å². The summed E-state index contributed by atoms with van der Waals surface area (Å²) >= 11 is 6.15. The Labute approximate surface area is 125 Å². The number of hydrogen-bond donors (Lipinski definition) is 1. The van der Waals surface area contributed by atoms with Gasteiger partial charge in [-0.3, -0.25) is 0 Å². The van der Waals surface area contributed by atoms with E-state index < -0.39 is 0 Å². The van der Waals surface area contributed by atoms with Crippen molar-refractivity contribution in [3.63, 3.8) is 0 Å². The van der Waals surface area contributed by atoms with Crippen LogP contribution in [-0.2, 0) is 11.2 Å². The summed E-state index contributed by atoms with van der Waals surface area (Å²) in [6, 6.07) is 4.66. The van der Waals surface area contributed by atoms with Gasteiger partial charge in [-0.1, -0.05) is 31.5 Å². The largest absolute Gasteiger partial charge is 0.381 e. The van der Waals surface area contributed by atoms with Crippen LogP contribution in [0.1, 0.15) is 25.8 Å². The summed E-state index contributed by atoms with van der Waals surface area (Å²) in [4.78, 5) is 0. The highest BCUT2D eigenvalue weighted by atomic mass is 35.5. The van der Waals surface area contributed by atoms with E-state index in [9.17, 15) is 4.39 Å². The Bertz CT molecular complexity index is 444. The zero-order valence-electron chi connectivity index (χ0n) is 12.2. The molecule has 1 fully saturated rings. The molecule has 0 spiro atoms. The van der Waals surface area contributed by atoms with E-state index in [1.54, 1.807) is 6.07 Å². The van der Waals surface area contributed by atoms with E-state index >= 15 is 0 Å². The minimum Gasteiger partial charge on any atom is -0.381 e. The van der Waals surface area contributed by atoms with Crippen LogP contribution in [-0.4, -0.2) is 26.3 Å². The smallest absolute Gasteiger partial charge is 0.124 e. The number of rotatable bonds is 6. The summed E-state index contributed by atoms with van der Waals surface area (Å²) in [6.07, 6.45) is 1.85. The van der Waals surface area contributed by atoms with Crippen molar-refractivity contribution in [1.29, 1.82) is 0 Å². The lowest BCUT2D eigenvalue weighted by molar-refractivity contribution is 0.148. The number of ether oxygens (including phenoxy) is 1. The van der Waals surface area contributed by atoms with E-state index in [0.717, 1.165) is 44.7 Å². The summed E-state index contributed by atoms with van der Waals surface area (Å²) in [7, 11) is 0. The molecule has 2 rings (SSSR count). The standard InChI is InChI=1S/C16H23ClFNO/c1-12(2)9-19-10-16(5-6-20-11-16)8-13-3-4-14(18)7-15(13)17/h3-4,7,12,19H,5-6,8-11H2,1-2H3. The Hall–Kier alpha value is -0.640. The van der Waals surface area contributed by atoms with E-state index in [1.165, 1.54) is 12.1 Å². The van der Waals surface area contributed by atoms with Gasteiger partial charge in [0.05, 0.1) is 6.61 Å². The molecule has 1 aliphatic heterocycles. The van der Waals surface area contributed by atoms with Gasteiger partial charge in [-0.05, 0) is 43.0 Å². The van der Waals surface area contributed by atoms with E-state index in [0.29, 0.717) is 10.9 Å². The lowest BCUT2D eigenvalue weighted by Crippen LogP contribution is -2.38. The molecule has 1 aliphatic rings. The number of benzene rings is 1. The fourth-order valence-electron chi connectivity index (χ4n) is 2.69. The summed E-state index contributed by atoms with van der Waals surface area (Å²) in [5.74, 6) is 0.345. The van der Waals surface area contributed by atoms with Crippen LogP contribution in [0.5, 0.6) is 0 Å². The second kappa shape index (κ2) is 6.88. The Kier molecular flexibility index (Phi) is 5.42. The van der Waals surface area contributed by atoms with Gasteiger partial charge < -0.3 is 10.1 Å². The summed E-state index contributed by atoms with van der Waals surface area (Å²) in [5, 5.41) is 4.04. The molecule has 1 saturated heterocycles. The second-order valence-corrected chi connectivity index (χ2v) is 6.65. The maximum absolute atomic E-state index is 13.1. The molecule has 4 heteroatoms. The molecule has 0 aliphatic carbocycles. The first-order valence-electron chi connectivity index (χ1n) is 7.23. The van der Waals surface area contributed by atoms with Gasteiger partial charge in [0.1, 0.15) is 5.82 Å². The Morgan fingerprint density at radius 2 is 2.25 bits per heavy atom. The molecule has 1 aromatic rings. The van der Waals surface area contributed by atoms with E-state index in [4.69, 9.17) is 16.3 Å². The molecular weight excluding hydrogens is 277 g/mol. The molecule has 20 heavy (non-hydrogen) atoms. The van der Waals surface area contributed by atoms with Crippen LogP contribution in [0.4, 0.5) is 4.39 Å². The van der Waals surface area contributed by atoms with Crippen LogP contribution in [0.15, 0.2) is 18.2 Å². The molecule has 1 heterocycles. The minimum absolute atomic E-state index is 0.0797. The topological polar surface area (TPSA) is 21.3 Å². The van der Waals surface area contributed by atoms with Crippen LogP contribution in [0.2, 0.25) is 5.02 Å². The SMILES string of the molecule is CC(C)CNCC1(Cc2ccc(F)cc2Cl)CCOC1. The third kappa shape index (κ3) is 4.18. The monoisotopic (exact) mass is 299 g/mol. The number of halogens is 2. The molecule has 112 valence electrons. The van der Waals surface area contributed by atoms with E-state index in [2.05, 4.69) is 19.2 Å². The molecule has 0 bridgehead atoms. The summed E-state index contributed by atoms with van der Waals surface area (Å²) in [6.45, 7) is 7.84. The van der Waals surface area contributed by atoms with E-state index in [-0.39, 0.29) is 11.2 Å². The van der Waals surface area contributed by atoms with Crippen molar-refractivity contribution in [3.8, 4) is 0 Å². The van der Waals surface area contributed by atoms with Crippen LogP contribution < -0.4 is 5.32 Å². The number of nitrogens with one attached hydrogen (secondary N) is 1. The molecular formula is C16H23ClFNO. The fraction of sp³-hybridized carbons (Fsp3) is 0.625. The number of hydrogen-bond acceptors (Lipinski definition) is 2. The van der Waals surface area contributed by atoms with Crippen molar-refractivity contribution >= 4 is 11.6 Å². The first-order valence-corrected chi connectivity index (χ1v) is 7.61. The van der Waals surface area contributed by atoms with Gasteiger partial charge in [-0.2, -0.15) is 0 Å². The summed E-state index contributed by atoms with van der Waals surface area (Å²) < 4.78 is 18.7. The highest BCUT2D eigenvalue weighted by Gasteiger charge is 2.35. The average molecular weight is 300 g/mol. The highest BCUT2D eigenvalue weighted by Crippen LogP contribution is 2.34. The lowest BCUT2D eigenvalue weighted by Gasteiger charge is -2.29. The first-order chi connectivity index (χ1) is 9.51. The predicted molar refractivity (Wildman–Crippen MR) is 80.7 cm³/mol. The molecule has 1 unspecified atom stereocenters. The molecule has 0 radical (unpaired) electrons. The normalized spacial score (nSPS) is 22.6. The van der Waals surface area contributed by atoms with Crippen molar-refractivity contribution < 1.29 is 9.13 Å². The zero-order chi connectivity index (χ0) is 14.6. The molecule has 0 aromatic heterocycles. The Morgan fingerprint density at radius 1 is 1.45 bits per heavy atom. The molecule has 1 N–H and O–H groups in total. The van der Waals surface area contributed by atoms with Crippen molar-refractivity contribution in [2.75, 3.05) is 26.3 Å². The quantitative estimate of drug-likeness (QED) is 0.865. The Balaban J connectivity index is 2.04. The lowest BCUT2D eigenvalue weighted by atomic mass is 9.80. The Morgan fingerprint density at radius 3 is 2.85 bits per heavy atom. The van der Waals surface area contributed by atoms with Crippen LogP contribution in [0, 0.1) is 17.2 Å². The third-order valence-electron chi connectivity index (χ3n) is 3.82. The highest BCUT2D eigenvalue weighted by molar-refractivity contribution is 6.31. The molecule has 0 amide bonds. The molecule has 1 aromatic carbocycles. The summed E-state index contributed by atoms with van der Waals surface area (Å²) in [5.41, 5.74) is 1.08. The van der Waals surface area contributed by atoms with Gasteiger partial charge in [0.2, 0.25) is 0 Å². The van der Waals surface area contributed by atoms with Crippen LogP contribution >= 0.6 is 11.6 Å². The third-order valence-corrected chi connectivity index (χ3v) is 4.17. The fourth-order valence-corrected chi connectivity index (χ4v) is 2.92. The molecule has 2 nitrogen and oxygen atoms in total. The average Bonchev–Trinajstić information content (AvgIpc) is 2.81. The molecule has 1 atom stereocenters. The van der Waals surface area contributed by atoms with Crippen molar-refractivity contribution in [3.05, 3.63) is 34.6 Å². The van der Waals surface area contributed by atoms with Crippen LogP contribution in [0.3, 0.4) is 0 Å². The van der Waals surface area contributed by atoms with E-state index in [1.807, 2.05) is 0 Å². The van der Waals surface area contributed by atoms with Crippen molar-refractivity contribution in [2.45, 2.75) is 26.7 Å². The minimum atomic E-state index is -0.284. The van der Waals surface area contributed by atoms with Gasteiger partial charge >= 0.3 is 0 Å². The van der Waals surface area contributed by atoms with Gasteiger partial charge in [-0.15, -0.1) is 0 Å². The van der Waals surface area contributed by atoms with Gasteiger partial charge in [-0.25, -0.2) is 4.39 Å².